The van der Waals surface area contributed by atoms with Crippen LogP contribution in [0.15, 0.2) is 18.3 Å². The highest BCUT2D eigenvalue weighted by Gasteiger charge is 2.22. The minimum absolute atomic E-state index is 0.110. The molecular formula is C16H28N2O2. The number of nitrogens with one attached hydrogen (secondary N) is 1. The molecule has 4 heteroatoms. The summed E-state index contributed by atoms with van der Waals surface area (Å²) in [5.74, 6) is 0.705. The Kier molecular flexibility index (Phi) is 6.96. The van der Waals surface area contributed by atoms with Crippen molar-refractivity contribution in [2.45, 2.75) is 51.7 Å². The van der Waals surface area contributed by atoms with Gasteiger partial charge in [-0.2, -0.15) is 0 Å². The number of hydrogen-bond donors (Lipinski definition) is 1. The summed E-state index contributed by atoms with van der Waals surface area (Å²) in [5, 5.41) is 3.58. The molecule has 1 aromatic heterocycles. The second-order valence-corrected chi connectivity index (χ2v) is 5.61. The van der Waals surface area contributed by atoms with Crippen molar-refractivity contribution in [3.8, 4) is 5.88 Å². The first-order valence-corrected chi connectivity index (χ1v) is 7.31. The van der Waals surface area contributed by atoms with Gasteiger partial charge in [0.15, 0.2) is 0 Å². The van der Waals surface area contributed by atoms with Crippen molar-refractivity contribution >= 4 is 0 Å². The van der Waals surface area contributed by atoms with Gasteiger partial charge in [0.05, 0.1) is 12.7 Å². The molecule has 4 nitrogen and oxygen atoms in total. The molecule has 1 N–H and O–H groups in total. The van der Waals surface area contributed by atoms with Gasteiger partial charge in [0.2, 0.25) is 5.88 Å². The molecule has 1 unspecified atom stereocenters. The van der Waals surface area contributed by atoms with Crippen LogP contribution in [0.3, 0.4) is 0 Å². The van der Waals surface area contributed by atoms with Crippen LogP contribution in [0.4, 0.5) is 0 Å². The Hall–Kier alpha value is -1.13. The van der Waals surface area contributed by atoms with E-state index in [2.05, 4.69) is 37.1 Å². The zero-order chi connectivity index (χ0) is 15.0. The number of aromatic nitrogens is 1. The van der Waals surface area contributed by atoms with Crippen molar-refractivity contribution in [1.29, 1.82) is 0 Å². The van der Waals surface area contributed by atoms with Crippen molar-refractivity contribution in [3.63, 3.8) is 0 Å². The van der Waals surface area contributed by atoms with E-state index in [4.69, 9.17) is 9.47 Å². The molecule has 0 radical (unpaired) electrons. The molecule has 0 saturated carbocycles. The van der Waals surface area contributed by atoms with Crippen LogP contribution in [0.5, 0.6) is 5.88 Å². The van der Waals surface area contributed by atoms with Gasteiger partial charge in [-0.05, 0) is 45.7 Å². The highest BCUT2D eigenvalue weighted by Crippen LogP contribution is 2.29. The highest BCUT2D eigenvalue weighted by molar-refractivity contribution is 5.28. The largest absolute Gasteiger partial charge is 0.481 e. The number of pyridine rings is 1. The summed E-state index contributed by atoms with van der Waals surface area (Å²) in [7, 11) is 3.43. The molecule has 0 aromatic carbocycles. The highest BCUT2D eigenvalue weighted by atomic mass is 16.5. The topological polar surface area (TPSA) is 43.4 Å². The SMILES string of the molecule is CCCNC(CCC(C)(C)OC)c1cccnc1OC. The Morgan fingerprint density at radius 2 is 2.10 bits per heavy atom. The first-order valence-electron chi connectivity index (χ1n) is 7.31. The van der Waals surface area contributed by atoms with Crippen LogP contribution in [0.25, 0.3) is 0 Å². The lowest BCUT2D eigenvalue weighted by molar-refractivity contribution is 0.0116. The number of methoxy groups -OCH3 is 2. The van der Waals surface area contributed by atoms with Crippen LogP contribution >= 0.6 is 0 Å². The second kappa shape index (κ2) is 8.22. The molecule has 0 spiro atoms. The summed E-state index contributed by atoms with van der Waals surface area (Å²) in [4.78, 5) is 4.30. The van der Waals surface area contributed by atoms with Crippen molar-refractivity contribution in [2.24, 2.45) is 0 Å². The number of hydrogen-bond acceptors (Lipinski definition) is 4. The first-order chi connectivity index (χ1) is 9.54. The third-order valence-corrected chi connectivity index (χ3v) is 3.60. The Morgan fingerprint density at radius 3 is 2.70 bits per heavy atom. The molecule has 0 amide bonds. The van der Waals surface area contributed by atoms with Gasteiger partial charge in [-0.1, -0.05) is 13.0 Å². The Labute approximate surface area is 122 Å². The fourth-order valence-electron chi connectivity index (χ4n) is 2.12. The lowest BCUT2D eigenvalue weighted by atomic mass is 9.95. The third-order valence-electron chi connectivity index (χ3n) is 3.60. The molecule has 0 fully saturated rings. The molecule has 1 heterocycles. The van der Waals surface area contributed by atoms with E-state index < -0.39 is 0 Å². The fourth-order valence-corrected chi connectivity index (χ4v) is 2.12. The van der Waals surface area contributed by atoms with Gasteiger partial charge in [-0.25, -0.2) is 4.98 Å². The molecular weight excluding hydrogens is 252 g/mol. The normalized spacial score (nSPS) is 13.2. The van der Waals surface area contributed by atoms with Crippen molar-refractivity contribution in [2.75, 3.05) is 20.8 Å². The van der Waals surface area contributed by atoms with Crippen LogP contribution in [0, 0.1) is 0 Å². The van der Waals surface area contributed by atoms with Crippen LogP contribution in [-0.2, 0) is 4.74 Å². The maximum Gasteiger partial charge on any atom is 0.217 e. The maximum absolute atomic E-state index is 5.51. The van der Waals surface area contributed by atoms with Gasteiger partial charge in [-0.15, -0.1) is 0 Å². The molecule has 0 saturated heterocycles. The Bertz CT molecular complexity index is 394. The van der Waals surface area contributed by atoms with E-state index in [-0.39, 0.29) is 11.6 Å². The summed E-state index contributed by atoms with van der Waals surface area (Å²) < 4.78 is 10.9. The van der Waals surface area contributed by atoms with E-state index in [0.717, 1.165) is 31.4 Å². The Morgan fingerprint density at radius 1 is 1.35 bits per heavy atom. The molecule has 20 heavy (non-hydrogen) atoms. The molecule has 1 rings (SSSR count). The number of nitrogens with zero attached hydrogens (tertiary/aromatic N) is 1. The lowest BCUT2D eigenvalue weighted by Crippen LogP contribution is -2.28. The average Bonchev–Trinajstić information content (AvgIpc) is 2.47. The summed E-state index contributed by atoms with van der Waals surface area (Å²) in [6, 6.07) is 4.28. The molecule has 0 aliphatic heterocycles. The maximum atomic E-state index is 5.51. The minimum Gasteiger partial charge on any atom is -0.481 e. The van der Waals surface area contributed by atoms with Gasteiger partial charge in [0.1, 0.15) is 0 Å². The zero-order valence-electron chi connectivity index (χ0n) is 13.4. The minimum atomic E-state index is -0.110. The third kappa shape index (κ3) is 5.10. The van der Waals surface area contributed by atoms with E-state index in [1.165, 1.54) is 0 Å². The van der Waals surface area contributed by atoms with Crippen LogP contribution in [0.2, 0.25) is 0 Å². The number of ether oxygens (including phenoxy) is 2. The van der Waals surface area contributed by atoms with Gasteiger partial charge in [-0.3, -0.25) is 0 Å². The molecule has 0 aliphatic carbocycles. The van der Waals surface area contributed by atoms with Crippen LogP contribution in [-0.4, -0.2) is 31.3 Å². The Balaban J connectivity index is 2.82. The molecule has 1 atom stereocenters. The van der Waals surface area contributed by atoms with Crippen molar-refractivity contribution in [1.82, 2.24) is 10.3 Å². The second-order valence-electron chi connectivity index (χ2n) is 5.61. The van der Waals surface area contributed by atoms with Crippen molar-refractivity contribution in [3.05, 3.63) is 23.9 Å². The fraction of sp³-hybridized carbons (Fsp3) is 0.688. The predicted molar refractivity (Wildman–Crippen MR) is 82.1 cm³/mol. The molecule has 114 valence electrons. The van der Waals surface area contributed by atoms with Gasteiger partial charge in [0, 0.05) is 24.9 Å². The molecule has 0 bridgehead atoms. The van der Waals surface area contributed by atoms with Gasteiger partial charge in [0.25, 0.3) is 0 Å². The molecule has 1 aromatic rings. The zero-order valence-corrected chi connectivity index (χ0v) is 13.4. The lowest BCUT2D eigenvalue weighted by Gasteiger charge is -2.27. The van der Waals surface area contributed by atoms with Gasteiger partial charge >= 0.3 is 0 Å². The smallest absolute Gasteiger partial charge is 0.217 e. The van der Waals surface area contributed by atoms with Gasteiger partial charge < -0.3 is 14.8 Å². The predicted octanol–water partition coefficient (Wildman–Crippen LogP) is 3.34. The first kappa shape index (κ1) is 16.9. The van der Waals surface area contributed by atoms with E-state index in [9.17, 15) is 0 Å². The average molecular weight is 280 g/mol. The van der Waals surface area contributed by atoms with Crippen LogP contribution < -0.4 is 10.1 Å². The standard InChI is InChI=1S/C16H28N2O2/c1-6-11-17-14(9-10-16(2,3)20-5)13-8-7-12-18-15(13)19-4/h7-8,12,14,17H,6,9-11H2,1-5H3. The monoisotopic (exact) mass is 280 g/mol. The number of rotatable bonds is 9. The summed E-state index contributed by atoms with van der Waals surface area (Å²) in [5.41, 5.74) is 1.01. The summed E-state index contributed by atoms with van der Waals surface area (Å²) in [6.07, 6.45) is 4.83. The molecule has 0 aliphatic rings. The summed E-state index contributed by atoms with van der Waals surface area (Å²) >= 11 is 0. The van der Waals surface area contributed by atoms with E-state index in [1.807, 2.05) is 6.07 Å². The summed E-state index contributed by atoms with van der Waals surface area (Å²) in [6.45, 7) is 7.38. The van der Waals surface area contributed by atoms with Crippen molar-refractivity contribution < 1.29 is 9.47 Å². The van der Waals surface area contributed by atoms with E-state index in [0.29, 0.717) is 5.88 Å². The van der Waals surface area contributed by atoms with E-state index >= 15 is 0 Å². The van der Waals surface area contributed by atoms with E-state index in [1.54, 1.807) is 20.4 Å². The quantitative estimate of drug-likeness (QED) is 0.753. The van der Waals surface area contributed by atoms with Crippen LogP contribution in [0.1, 0.15) is 51.6 Å².